The molecule has 0 fully saturated rings. The molecule has 17 heavy (non-hydrogen) atoms. The Kier molecular flexibility index (Phi) is 5.35. The average Bonchev–Trinajstić information content (AvgIpc) is 2.37. The smallest absolute Gasteiger partial charge is 0.203 e. The lowest BCUT2D eigenvalue weighted by atomic mass is 10.1. The Labute approximate surface area is 111 Å². The fraction of sp³-hybridized carbons (Fsp3) is 0.385. The van der Waals surface area contributed by atoms with Gasteiger partial charge in [-0.2, -0.15) is 0 Å². The van der Waals surface area contributed by atoms with Crippen LogP contribution in [-0.4, -0.2) is 26.7 Å². The van der Waals surface area contributed by atoms with Crippen molar-refractivity contribution >= 4 is 22.0 Å². The van der Waals surface area contributed by atoms with Gasteiger partial charge in [0, 0.05) is 5.33 Å². The van der Waals surface area contributed by atoms with Gasteiger partial charge in [0.05, 0.1) is 21.3 Å². The maximum absolute atomic E-state index is 5.29. The third-order valence-corrected chi connectivity index (χ3v) is 3.20. The molecule has 0 atom stereocenters. The molecule has 0 amide bonds. The van der Waals surface area contributed by atoms with Crippen molar-refractivity contribution in [2.75, 3.05) is 26.7 Å². The minimum Gasteiger partial charge on any atom is -0.493 e. The molecule has 0 spiro atoms. The van der Waals surface area contributed by atoms with Gasteiger partial charge in [-0.25, -0.2) is 0 Å². The second-order valence-electron chi connectivity index (χ2n) is 3.58. The van der Waals surface area contributed by atoms with Crippen LogP contribution in [0.25, 0.3) is 6.08 Å². The Bertz CT molecular complexity index is 388. The Morgan fingerprint density at radius 1 is 1.12 bits per heavy atom. The minimum absolute atomic E-state index is 0.614. The van der Waals surface area contributed by atoms with E-state index in [1.807, 2.05) is 12.1 Å². The lowest BCUT2D eigenvalue weighted by Gasteiger charge is -2.13. The first-order valence-electron chi connectivity index (χ1n) is 5.19. The van der Waals surface area contributed by atoms with Gasteiger partial charge >= 0.3 is 0 Å². The van der Waals surface area contributed by atoms with Crippen molar-refractivity contribution in [1.82, 2.24) is 0 Å². The molecule has 94 valence electrons. The van der Waals surface area contributed by atoms with E-state index >= 15 is 0 Å². The molecule has 0 radical (unpaired) electrons. The summed E-state index contributed by atoms with van der Waals surface area (Å²) in [6.07, 6.45) is 2.07. The Morgan fingerprint density at radius 3 is 2.00 bits per heavy atom. The van der Waals surface area contributed by atoms with Gasteiger partial charge in [-0.1, -0.05) is 27.6 Å². The van der Waals surface area contributed by atoms with E-state index in [1.54, 1.807) is 21.3 Å². The number of allylic oxidation sites excluding steroid dienone is 1. The van der Waals surface area contributed by atoms with Gasteiger partial charge in [-0.3, -0.25) is 0 Å². The number of methoxy groups -OCH3 is 3. The van der Waals surface area contributed by atoms with Crippen LogP contribution in [0, 0.1) is 0 Å². The SMILES string of the molecule is COc1cc(C=C(C)CBr)cc(OC)c1OC. The zero-order valence-electron chi connectivity index (χ0n) is 10.5. The van der Waals surface area contributed by atoms with Gasteiger partial charge in [-0.15, -0.1) is 0 Å². The van der Waals surface area contributed by atoms with Crippen LogP contribution in [0.5, 0.6) is 17.2 Å². The average molecular weight is 301 g/mol. The highest BCUT2D eigenvalue weighted by Gasteiger charge is 2.12. The second kappa shape index (κ2) is 6.55. The first kappa shape index (κ1) is 13.9. The van der Waals surface area contributed by atoms with Crippen LogP contribution in [0.1, 0.15) is 12.5 Å². The van der Waals surface area contributed by atoms with Crippen molar-refractivity contribution in [3.63, 3.8) is 0 Å². The lowest BCUT2D eigenvalue weighted by molar-refractivity contribution is 0.324. The Hall–Kier alpha value is -1.16. The standard InChI is InChI=1S/C13H17BrO3/c1-9(8-14)5-10-6-11(15-2)13(17-4)12(7-10)16-3/h5-7H,8H2,1-4H3. The highest BCUT2D eigenvalue weighted by atomic mass is 79.9. The molecular formula is C13H17BrO3. The van der Waals surface area contributed by atoms with E-state index in [0.29, 0.717) is 17.2 Å². The monoisotopic (exact) mass is 300 g/mol. The van der Waals surface area contributed by atoms with Crippen molar-refractivity contribution in [3.05, 3.63) is 23.3 Å². The summed E-state index contributed by atoms with van der Waals surface area (Å²) in [4.78, 5) is 0. The maximum atomic E-state index is 5.29. The van der Waals surface area contributed by atoms with Crippen LogP contribution in [-0.2, 0) is 0 Å². The van der Waals surface area contributed by atoms with Crippen LogP contribution in [0.15, 0.2) is 17.7 Å². The minimum atomic E-state index is 0.614. The fourth-order valence-corrected chi connectivity index (χ4v) is 1.67. The van der Waals surface area contributed by atoms with Gasteiger partial charge < -0.3 is 14.2 Å². The molecule has 1 aromatic rings. The summed E-state index contributed by atoms with van der Waals surface area (Å²) in [6, 6.07) is 3.85. The van der Waals surface area contributed by atoms with Gasteiger partial charge in [-0.05, 0) is 24.6 Å². The summed E-state index contributed by atoms with van der Waals surface area (Å²) in [7, 11) is 4.82. The number of benzene rings is 1. The van der Waals surface area contributed by atoms with E-state index in [-0.39, 0.29) is 0 Å². The van der Waals surface area contributed by atoms with Gasteiger partial charge in [0.15, 0.2) is 11.5 Å². The van der Waals surface area contributed by atoms with E-state index in [1.165, 1.54) is 5.57 Å². The van der Waals surface area contributed by atoms with Crippen molar-refractivity contribution in [2.45, 2.75) is 6.92 Å². The van der Waals surface area contributed by atoms with Gasteiger partial charge in [0.2, 0.25) is 5.75 Å². The molecule has 0 saturated heterocycles. The molecular weight excluding hydrogens is 284 g/mol. The molecule has 0 aliphatic rings. The number of halogens is 1. The third kappa shape index (κ3) is 3.40. The van der Waals surface area contributed by atoms with Crippen LogP contribution in [0.2, 0.25) is 0 Å². The zero-order valence-corrected chi connectivity index (χ0v) is 12.1. The summed E-state index contributed by atoms with van der Waals surface area (Å²) in [5, 5.41) is 0.837. The molecule has 0 unspecified atom stereocenters. The van der Waals surface area contributed by atoms with E-state index in [9.17, 15) is 0 Å². The van der Waals surface area contributed by atoms with Crippen LogP contribution >= 0.6 is 15.9 Å². The molecule has 0 aromatic heterocycles. The summed E-state index contributed by atoms with van der Waals surface area (Å²) in [6.45, 7) is 2.05. The van der Waals surface area contributed by atoms with E-state index < -0.39 is 0 Å². The summed E-state index contributed by atoms with van der Waals surface area (Å²) in [5.41, 5.74) is 2.25. The van der Waals surface area contributed by atoms with Crippen molar-refractivity contribution in [1.29, 1.82) is 0 Å². The molecule has 1 aromatic carbocycles. The molecule has 0 aliphatic carbocycles. The molecule has 3 nitrogen and oxygen atoms in total. The first-order chi connectivity index (χ1) is 8.15. The molecule has 0 aliphatic heterocycles. The van der Waals surface area contributed by atoms with Crippen LogP contribution in [0.4, 0.5) is 0 Å². The topological polar surface area (TPSA) is 27.7 Å². The second-order valence-corrected chi connectivity index (χ2v) is 4.14. The number of alkyl halides is 1. The van der Waals surface area contributed by atoms with Crippen molar-refractivity contribution in [3.8, 4) is 17.2 Å². The van der Waals surface area contributed by atoms with Crippen LogP contribution < -0.4 is 14.2 Å². The predicted molar refractivity (Wildman–Crippen MR) is 73.5 cm³/mol. The highest BCUT2D eigenvalue weighted by Crippen LogP contribution is 2.38. The fourth-order valence-electron chi connectivity index (χ4n) is 1.51. The number of hydrogen-bond acceptors (Lipinski definition) is 3. The predicted octanol–water partition coefficient (Wildman–Crippen LogP) is 3.51. The maximum Gasteiger partial charge on any atom is 0.203 e. The van der Waals surface area contributed by atoms with E-state index in [4.69, 9.17) is 14.2 Å². The quantitative estimate of drug-likeness (QED) is 0.779. The van der Waals surface area contributed by atoms with Crippen molar-refractivity contribution in [2.24, 2.45) is 0 Å². The molecule has 1 rings (SSSR count). The highest BCUT2D eigenvalue weighted by molar-refractivity contribution is 9.09. The zero-order chi connectivity index (χ0) is 12.8. The number of rotatable bonds is 5. The van der Waals surface area contributed by atoms with E-state index in [0.717, 1.165) is 10.9 Å². The lowest BCUT2D eigenvalue weighted by Crippen LogP contribution is -1.95. The first-order valence-corrected chi connectivity index (χ1v) is 6.31. The molecule has 0 N–H and O–H groups in total. The summed E-state index contributed by atoms with van der Waals surface area (Å²) >= 11 is 3.42. The van der Waals surface area contributed by atoms with Gasteiger partial charge in [0.1, 0.15) is 0 Å². The van der Waals surface area contributed by atoms with Crippen molar-refractivity contribution < 1.29 is 14.2 Å². The summed E-state index contributed by atoms with van der Waals surface area (Å²) in [5.74, 6) is 1.95. The van der Waals surface area contributed by atoms with Gasteiger partial charge in [0.25, 0.3) is 0 Å². The summed E-state index contributed by atoms with van der Waals surface area (Å²) < 4.78 is 15.8. The van der Waals surface area contributed by atoms with Crippen LogP contribution in [0.3, 0.4) is 0 Å². The molecule has 0 bridgehead atoms. The largest absolute Gasteiger partial charge is 0.493 e. The Morgan fingerprint density at radius 2 is 1.65 bits per heavy atom. The molecule has 4 heteroatoms. The van der Waals surface area contributed by atoms with E-state index in [2.05, 4.69) is 28.9 Å². The Balaban J connectivity index is 3.27. The normalized spacial score (nSPS) is 11.2. The number of ether oxygens (including phenoxy) is 3. The molecule has 0 saturated carbocycles. The number of hydrogen-bond donors (Lipinski definition) is 0. The molecule has 0 heterocycles. The third-order valence-electron chi connectivity index (χ3n) is 2.31.